The zero-order chi connectivity index (χ0) is 12.2. The number of hydrogen-bond acceptors (Lipinski definition) is 5. The van der Waals surface area contributed by atoms with Gasteiger partial charge < -0.3 is 9.64 Å². The molecule has 0 radical (unpaired) electrons. The van der Waals surface area contributed by atoms with Gasteiger partial charge in [-0.1, -0.05) is 0 Å². The molecule has 94 valence electrons. The summed E-state index contributed by atoms with van der Waals surface area (Å²) in [6, 6.07) is 3.74. The average molecular weight is 245 g/mol. The first-order chi connectivity index (χ1) is 8.92. The molecule has 1 unspecified atom stereocenters. The molecule has 6 heteroatoms. The zero-order valence-corrected chi connectivity index (χ0v) is 10.0. The maximum Gasteiger partial charge on any atom is 0.225 e. The van der Waals surface area contributed by atoms with Crippen LogP contribution in [0.15, 0.2) is 36.9 Å². The highest BCUT2D eigenvalue weighted by atomic mass is 16.5. The Hall–Kier alpha value is -1.95. The van der Waals surface area contributed by atoms with Crippen molar-refractivity contribution in [1.82, 2.24) is 19.7 Å². The first kappa shape index (κ1) is 11.2. The van der Waals surface area contributed by atoms with Gasteiger partial charge in [0.1, 0.15) is 0 Å². The molecule has 0 N–H and O–H groups in total. The molecule has 18 heavy (non-hydrogen) atoms. The van der Waals surface area contributed by atoms with Crippen molar-refractivity contribution in [2.24, 2.45) is 0 Å². The average Bonchev–Trinajstić information content (AvgIpc) is 2.93. The van der Waals surface area contributed by atoms with Gasteiger partial charge in [-0.15, -0.1) is 0 Å². The van der Waals surface area contributed by atoms with E-state index in [1.54, 1.807) is 18.6 Å². The van der Waals surface area contributed by atoms with Crippen molar-refractivity contribution in [2.45, 2.75) is 12.6 Å². The molecule has 3 heterocycles. The fourth-order valence-corrected chi connectivity index (χ4v) is 2.08. The summed E-state index contributed by atoms with van der Waals surface area (Å²) >= 11 is 0. The third-order valence-electron chi connectivity index (χ3n) is 2.92. The van der Waals surface area contributed by atoms with Gasteiger partial charge >= 0.3 is 0 Å². The highest BCUT2D eigenvalue weighted by Crippen LogP contribution is 2.12. The van der Waals surface area contributed by atoms with Gasteiger partial charge in [0.05, 0.1) is 19.3 Å². The summed E-state index contributed by atoms with van der Waals surface area (Å²) in [7, 11) is 0. The molecule has 1 fully saturated rings. The van der Waals surface area contributed by atoms with Gasteiger partial charge in [-0.05, 0) is 12.1 Å². The fraction of sp³-hybridized carbons (Fsp3) is 0.417. The van der Waals surface area contributed by atoms with Crippen LogP contribution in [0.5, 0.6) is 0 Å². The molecular formula is C12H15N5O. The minimum Gasteiger partial charge on any atom is -0.373 e. The first-order valence-corrected chi connectivity index (χ1v) is 6.03. The van der Waals surface area contributed by atoms with E-state index >= 15 is 0 Å². The van der Waals surface area contributed by atoms with Gasteiger partial charge in [-0.3, -0.25) is 4.68 Å². The molecule has 0 bridgehead atoms. The number of hydrogen-bond donors (Lipinski definition) is 0. The summed E-state index contributed by atoms with van der Waals surface area (Å²) in [5.41, 5.74) is 0. The Labute approximate surface area is 105 Å². The predicted molar refractivity (Wildman–Crippen MR) is 66.2 cm³/mol. The van der Waals surface area contributed by atoms with Gasteiger partial charge in [-0.2, -0.15) is 5.10 Å². The molecule has 1 aliphatic heterocycles. The second-order valence-electron chi connectivity index (χ2n) is 4.22. The Bertz CT molecular complexity index is 472. The van der Waals surface area contributed by atoms with Crippen LogP contribution >= 0.6 is 0 Å². The normalized spacial score (nSPS) is 20.0. The Morgan fingerprint density at radius 3 is 2.89 bits per heavy atom. The molecule has 3 rings (SSSR count). The van der Waals surface area contributed by atoms with E-state index in [4.69, 9.17) is 4.74 Å². The molecule has 0 aromatic carbocycles. The topological polar surface area (TPSA) is 56.1 Å². The van der Waals surface area contributed by atoms with E-state index in [1.807, 2.05) is 23.0 Å². The molecule has 2 aromatic rings. The lowest BCUT2D eigenvalue weighted by molar-refractivity contribution is 0.0269. The van der Waals surface area contributed by atoms with Crippen LogP contribution in [0.25, 0.3) is 0 Å². The second kappa shape index (κ2) is 5.14. The first-order valence-electron chi connectivity index (χ1n) is 6.03. The van der Waals surface area contributed by atoms with Crippen molar-refractivity contribution in [3.8, 4) is 0 Å². The van der Waals surface area contributed by atoms with Crippen LogP contribution in [0.4, 0.5) is 5.95 Å². The zero-order valence-electron chi connectivity index (χ0n) is 10.0. The van der Waals surface area contributed by atoms with Crippen molar-refractivity contribution < 1.29 is 4.74 Å². The van der Waals surface area contributed by atoms with E-state index in [0.29, 0.717) is 6.61 Å². The molecule has 0 spiro atoms. The summed E-state index contributed by atoms with van der Waals surface area (Å²) < 4.78 is 7.63. The van der Waals surface area contributed by atoms with E-state index in [-0.39, 0.29) is 6.10 Å². The summed E-state index contributed by atoms with van der Waals surface area (Å²) in [6.45, 7) is 3.09. The van der Waals surface area contributed by atoms with Crippen molar-refractivity contribution >= 4 is 5.95 Å². The van der Waals surface area contributed by atoms with Crippen molar-refractivity contribution in [2.75, 3.05) is 24.6 Å². The molecule has 1 aliphatic rings. The quantitative estimate of drug-likeness (QED) is 0.791. The summed E-state index contributed by atoms with van der Waals surface area (Å²) in [5.74, 6) is 0.770. The molecule has 6 nitrogen and oxygen atoms in total. The SMILES string of the molecule is c1cnc(N2CCOC(Cn3cccn3)C2)nc1. The number of nitrogens with zero attached hydrogens (tertiary/aromatic N) is 5. The smallest absolute Gasteiger partial charge is 0.225 e. The monoisotopic (exact) mass is 245 g/mol. The number of ether oxygens (including phenoxy) is 1. The van der Waals surface area contributed by atoms with Gasteiger partial charge in [0.2, 0.25) is 5.95 Å². The van der Waals surface area contributed by atoms with Crippen molar-refractivity contribution in [3.05, 3.63) is 36.9 Å². The maximum absolute atomic E-state index is 5.74. The highest BCUT2D eigenvalue weighted by Gasteiger charge is 2.22. The molecule has 0 saturated carbocycles. The standard InChI is InChI=1S/C12H15N5O/c1-3-13-12(14-4-1)16-7-8-18-11(9-16)10-17-6-2-5-15-17/h1-6,11H,7-10H2. The van der Waals surface area contributed by atoms with E-state index in [2.05, 4.69) is 20.0 Å². The third-order valence-corrected chi connectivity index (χ3v) is 2.92. The Morgan fingerprint density at radius 1 is 1.22 bits per heavy atom. The lowest BCUT2D eigenvalue weighted by Gasteiger charge is -2.32. The lowest BCUT2D eigenvalue weighted by Crippen LogP contribution is -2.45. The van der Waals surface area contributed by atoms with Crippen LogP contribution in [0.2, 0.25) is 0 Å². The summed E-state index contributed by atoms with van der Waals surface area (Å²) in [5, 5.41) is 4.20. The van der Waals surface area contributed by atoms with Crippen LogP contribution in [0.3, 0.4) is 0 Å². The van der Waals surface area contributed by atoms with Crippen LogP contribution in [0, 0.1) is 0 Å². The number of rotatable bonds is 3. The van der Waals surface area contributed by atoms with Crippen LogP contribution in [-0.2, 0) is 11.3 Å². The largest absolute Gasteiger partial charge is 0.373 e. The van der Waals surface area contributed by atoms with Crippen LogP contribution < -0.4 is 4.90 Å². The Morgan fingerprint density at radius 2 is 2.11 bits per heavy atom. The predicted octanol–water partition coefficient (Wildman–Crippen LogP) is 0.578. The molecule has 2 aromatic heterocycles. The Balaban J connectivity index is 1.65. The van der Waals surface area contributed by atoms with Crippen LogP contribution in [0.1, 0.15) is 0 Å². The summed E-state index contributed by atoms with van der Waals surface area (Å²) in [4.78, 5) is 10.7. The fourth-order valence-electron chi connectivity index (χ4n) is 2.08. The van der Waals surface area contributed by atoms with Gasteiger partial charge in [0.15, 0.2) is 0 Å². The Kier molecular flexibility index (Phi) is 3.18. The van der Waals surface area contributed by atoms with Gasteiger partial charge in [0, 0.05) is 37.9 Å². The van der Waals surface area contributed by atoms with E-state index in [0.717, 1.165) is 25.6 Å². The van der Waals surface area contributed by atoms with E-state index in [9.17, 15) is 0 Å². The molecule has 0 amide bonds. The maximum atomic E-state index is 5.74. The minimum atomic E-state index is 0.127. The van der Waals surface area contributed by atoms with Gasteiger partial charge in [0.25, 0.3) is 0 Å². The second-order valence-corrected chi connectivity index (χ2v) is 4.22. The molecular weight excluding hydrogens is 230 g/mol. The number of aromatic nitrogens is 4. The highest BCUT2D eigenvalue weighted by molar-refractivity contribution is 5.29. The molecule has 1 saturated heterocycles. The number of anilines is 1. The third kappa shape index (κ3) is 2.48. The molecule has 1 atom stereocenters. The lowest BCUT2D eigenvalue weighted by atomic mass is 10.3. The number of morpholine rings is 1. The molecule has 0 aliphatic carbocycles. The van der Waals surface area contributed by atoms with Crippen molar-refractivity contribution in [3.63, 3.8) is 0 Å². The summed E-state index contributed by atoms with van der Waals surface area (Å²) in [6.07, 6.45) is 7.38. The van der Waals surface area contributed by atoms with E-state index in [1.165, 1.54) is 0 Å². The van der Waals surface area contributed by atoms with Gasteiger partial charge in [-0.25, -0.2) is 9.97 Å². The minimum absolute atomic E-state index is 0.127. The van der Waals surface area contributed by atoms with E-state index < -0.39 is 0 Å². The van der Waals surface area contributed by atoms with Crippen LogP contribution in [-0.4, -0.2) is 45.5 Å². The van der Waals surface area contributed by atoms with Crippen molar-refractivity contribution in [1.29, 1.82) is 0 Å².